The lowest BCUT2D eigenvalue weighted by atomic mass is 10.7. The summed E-state index contributed by atoms with van der Waals surface area (Å²) in [5.74, 6) is -2.45. The van der Waals surface area contributed by atoms with Crippen molar-refractivity contribution in [2.24, 2.45) is 0 Å². The number of carboxylic acid groups (broad SMARTS) is 1. The Labute approximate surface area is 50.4 Å². The Hall–Kier alpha value is -0.710. The number of nitrogens with one attached hydrogen (secondary N) is 1. The molecule has 2 N–H and O–H groups in total. The van der Waals surface area contributed by atoms with Crippen LogP contribution in [-0.2, 0) is 9.59 Å². The van der Waals surface area contributed by atoms with Crippen molar-refractivity contribution < 1.29 is 14.7 Å². The third-order valence-electron chi connectivity index (χ3n) is 0.389. The molecule has 0 rings (SSSR count). The fourth-order valence-electron chi connectivity index (χ4n) is 0.136. The van der Waals surface area contributed by atoms with Crippen LogP contribution in [-0.4, -0.2) is 23.2 Å². The van der Waals surface area contributed by atoms with Gasteiger partial charge in [-0.3, -0.25) is 9.52 Å². The first-order valence-corrected chi connectivity index (χ1v) is 2.97. The molecule has 0 unspecified atom stereocenters. The molecule has 0 fully saturated rings. The Morgan fingerprint density at radius 1 is 1.62 bits per heavy atom. The van der Waals surface area contributed by atoms with Crippen LogP contribution in [0.15, 0.2) is 0 Å². The second kappa shape index (κ2) is 3.31. The largest absolute Gasteiger partial charge is 0.474 e. The van der Waals surface area contributed by atoms with Crippen LogP contribution in [0, 0.1) is 0 Å². The lowest BCUT2D eigenvalue weighted by molar-refractivity contribution is -0.149. The van der Waals surface area contributed by atoms with Gasteiger partial charge in [0, 0.05) is 6.26 Å². The van der Waals surface area contributed by atoms with Gasteiger partial charge in [-0.05, 0) is 0 Å². The molecule has 5 heteroatoms. The third-order valence-corrected chi connectivity index (χ3v) is 0.779. The molecule has 46 valence electrons. The van der Waals surface area contributed by atoms with Crippen LogP contribution in [0.4, 0.5) is 0 Å². The lowest BCUT2D eigenvalue weighted by Crippen LogP contribution is -2.24. The highest BCUT2D eigenvalue weighted by molar-refractivity contribution is 7.97. The molecule has 0 bridgehead atoms. The van der Waals surface area contributed by atoms with E-state index in [4.69, 9.17) is 5.11 Å². The van der Waals surface area contributed by atoms with Crippen molar-refractivity contribution in [2.75, 3.05) is 6.26 Å². The van der Waals surface area contributed by atoms with Gasteiger partial charge in [0.1, 0.15) is 0 Å². The van der Waals surface area contributed by atoms with Crippen molar-refractivity contribution >= 4 is 23.8 Å². The zero-order chi connectivity index (χ0) is 6.57. The highest BCUT2D eigenvalue weighted by atomic mass is 32.2. The quantitative estimate of drug-likeness (QED) is 0.374. The van der Waals surface area contributed by atoms with Gasteiger partial charge in [-0.25, -0.2) is 4.79 Å². The van der Waals surface area contributed by atoms with E-state index in [2.05, 4.69) is 0 Å². The van der Waals surface area contributed by atoms with E-state index in [9.17, 15) is 9.59 Å². The maximum absolute atomic E-state index is 10.0. The fourth-order valence-corrected chi connectivity index (χ4v) is 0.409. The van der Waals surface area contributed by atoms with Gasteiger partial charge >= 0.3 is 11.9 Å². The van der Waals surface area contributed by atoms with Crippen LogP contribution in [0.5, 0.6) is 0 Å². The molecular formula is C3H5NO3S. The first-order chi connectivity index (χ1) is 3.68. The summed E-state index contributed by atoms with van der Waals surface area (Å²) in [6.07, 6.45) is 1.57. The van der Waals surface area contributed by atoms with E-state index in [0.717, 1.165) is 11.9 Å². The van der Waals surface area contributed by atoms with E-state index in [1.807, 2.05) is 4.72 Å². The molecule has 0 aliphatic heterocycles. The second-order valence-corrected chi connectivity index (χ2v) is 1.55. The molecule has 0 aliphatic carbocycles. The Morgan fingerprint density at radius 3 is 2.25 bits per heavy atom. The summed E-state index contributed by atoms with van der Waals surface area (Å²) in [4.78, 5) is 19.7. The maximum Gasteiger partial charge on any atom is 0.395 e. The molecule has 0 aromatic rings. The van der Waals surface area contributed by atoms with Crippen molar-refractivity contribution in [3.63, 3.8) is 0 Å². The Bertz CT molecular complexity index is 113. The molecule has 4 nitrogen and oxygen atoms in total. The minimum absolute atomic E-state index is 0.958. The van der Waals surface area contributed by atoms with Gasteiger partial charge in [-0.15, -0.1) is 0 Å². The molecule has 0 atom stereocenters. The summed E-state index contributed by atoms with van der Waals surface area (Å²) in [5.41, 5.74) is 0. The average molecular weight is 135 g/mol. The SMILES string of the molecule is CSNC(=O)C(=O)O. The molecule has 0 aromatic heterocycles. The molecule has 0 radical (unpaired) electrons. The van der Waals surface area contributed by atoms with Crippen LogP contribution >= 0.6 is 11.9 Å². The maximum atomic E-state index is 10.0. The average Bonchev–Trinajstić information content (AvgIpc) is 1.67. The number of carbonyl (C=O) groups excluding carboxylic acids is 1. The predicted molar refractivity (Wildman–Crippen MR) is 29.3 cm³/mol. The first-order valence-electron chi connectivity index (χ1n) is 1.74. The summed E-state index contributed by atoms with van der Waals surface area (Å²) in [6, 6.07) is 0. The summed E-state index contributed by atoms with van der Waals surface area (Å²) in [6.45, 7) is 0. The van der Waals surface area contributed by atoms with Crippen molar-refractivity contribution in [2.45, 2.75) is 0 Å². The summed E-state index contributed by atoms with van der Waals surface area (Å²) in [5, 5.41) is 7.89. The topological polar surface area (TPSA) is 66.4 Å². The normalized spacial score (nSPS) is 8.12. The number of hydrogen-bond donors (Lipinski definition) is 2. The van der Waals surface area contributed by atoms with Gasteiger partial charge in [0.05, 0.1) is 0 Å². The lowest BCUT2D eigenvalue weighted by Gasteiger charge is -1.90. The Balaban J connectivity index is 3.49. The van der Waals surface area contributed by atoms with Crippen molar-refractivity contribution in [3.8, 4) is 0 Å². The van der Waals surface area contributed by atoms with E-state index >= 15 is 0 Å². The van der Waals surface area contributed by atoms with Crippen LogP contribution in [0.3, 0.4) is 0 Å². The van der Waals surface area contributed by atoms with Crippen molar-refractivity contribution in [3.05, 3.63) is 0 Å². The van der Waals surface area contributed by atoms with Crippen LogP contribution < -0.4 is 4.72 Å². The highest BCUT2D eigenvalue weighted by Gasteiger charge is 2.07. The van der Waals surface area contributed by atoms with Gasteiger partial charge in [0.15, 0.2) is 0 Å². The predicted octanol–water partition coefficient (Wildman–Crippen LogP) is -0.535. The monoisotopic (exact) mass is 135 g/mol. The van der Waals surface area contributed by atoms with Crippen molar-refractivity contribution in [1.29, 1.82) is 0 Å². The van der Waals surface area contributed by atoms with Crippen LogP contribution in [0.25, 0.3) is 0 Å². The number of amides is 1. The minimum atomic E-state index is -1.46. The Morgan fingerprint density at radius 2 is 2.12 bits per heavy atom. The smallest absolute Gasteiger partial charge is 0.395 e. The van der Waals surface area contributed by atoms with E-state index in [0.29, 0.717) is 0 Å². The van der Waals surface area contributed by atoms with Gasteiger partial charge in [-0.2, -0.15) is 0 Å². The van der Waals surface area contributed by atoms with Crippen LogP contribution in [0.1, 0.15) is 0 Å². The molecule has 0 saturated carbocycles. The molecule has 0 saturated heterocycles. The standard InChI is InChI=1S/C3H5NO3S/c1-8-4-2(5)3(6)7/h1H3,(H,4,5)(H,6,7). The summed E-state index contributed by atoms with van der Waals surface area (Å²) < 4.78 is 2.02. The molecule has 0 heterocycles. The van der Waals surface area contributed by atoms with Gasteiger partial charge < -0.3 is 5.11 Å². The Kier molecular flexibility index (Phi) is 3.02. The molecule has 1 amide bonds. The fraction of sp³-hybridized carbons (Fsp3) is 0.333. The first kappa shape index (κ1) is 7.29. The van der Waals surface area contributed by atoms with Gasteiger partial charge in [0.2, 0.25) is 0 Å². The van der Waals surface area contributed by atoms with Crippen LogP contribution in [0.2, 0.25) is 0 Å². The molecular weight excluding hydrogens is 130 g/mol. The summed E-state index contributed by atoms with van der Waals surface area (Å²) in [7, 11) is 0. The number of aliphatic carboxylic acids is 1. The highest BCUT2D eigenvalue weighted by Crippen LogP contribution is 1.79. The third kappa shape index (κ3) is 2.46. The zero-order valence-corrected chi connectivity index (χ0v) is 4.99. The number of carbonyl (C=O) groups is 2. The van der Waals surface area contributed by atoms with Crippen molar-refractivity contribution in [1.82, 2.24) is 4.72 Å². The van der Waals surface area contributed by atoms with E-state index in [1.165, 1.54) is 0 Å². The van der Waals surface area contributed by atoms with E-state index < -0.39 is 11.9 Å². The molecule has 0 spiro atoms. The van der Waals surface area contributed by atoms with E-state index in [-0.39, 0.29) is 0 Å². The summed E-state index contributed by atoms with van der Waals surface area (Å²) >= 11 is 0.958. The van der Waals surface area contributed by atoms with Gasteiger partial charge in [0.25, 0.3) is 0 Å². The zero-order valence-electron chi connectivity index (χ0n) is 4.17. The molecule has 0 aliphatic rings. The number of hydrogen-bond acceptors (Lipinski definition) is 3. The molecule has 0 aromatic carbocycles. The number of rotatable bonds is 1. The minimum Gasteiger partial charge on any atom is -0.474 e. The van der Waals surface area contributed by atoms with Gasteiger partial charge in [-0.1, -0.05) is 11.9 Å². The van der Waals surface area contributed by atoms with E-state index in [1.54, 1.807) is 6.26 Å². The second-order valence-electron chi connectivity index (χ2n) is 0.940. The number of carboxylic acids is 1. The molecule has 8 heavy (non-hydrogen) atoms.